The normalized spacial score (nSPS) is 17.5. The molecule has 3 heteroatoms. The standard InChI is InChI=1S/C20H20N2O/c1-14-6-4-7-15(12-14)16-8-5-10-19-18(13-16)22-20(23-19)17-9-2-3-11-21-17/h2-4,6-7,9,11-12,16H,5,8,10,13H2,1H3. The van der Waals surface area contributed by atoms with Crippen molar-refractivity contribution >= 4 is 0 Å². The highest BCUT2D eigenvalue weighted by atomic mass is 16.4. The first-order valence-electron chi connectivity index (χ1n) is 8.26. The fourth-order valence-electron chi connectivity index (χ4n) is 3.39. The molecular formula is C20H20N2O. The predicted molar refractivity (Wildman–Crippen MR) is 90.3 cm³/mol. The van der Waals surface area contributed by atoms with Crippen molar-refractivity contribution in [3.05, 3.63) is 71.2 Å². The van der Waals surface area contributed by atoms with Crippen LogP contribution in [-0.2, 0) is 12.8 Å². The highest BCUT2D eigenvalue weighted by Crippen LogP contribution is 2.33. The Bertz CT molecular complexity index is 808. The topological polar surface area (TPSA) is 38.9 Å². The number of nitrogens with zero attached hydrogens (tertiary/aromatic N) is 2. The molecular weight excluding hydrogens is 284 g/mol. The van der Waals surface area contributed by atoms with E-state index in [-0.39, 0.29) is 0 Å². The Morgan fingerprint density at radius 3 is 2.91 bits per heavy atom. The summed E-state index contributed by atoms with van der Waals surface area (Å²) in [6.07, 6.45) is 6.03. The number of pyridine rings is 1. The largest absolute Gasteiger partial charge is 0.440 e. The van der Waals surface area contributed by atoms with Crippen LogP contribution < -0.4 is 0 Å². The average molecular weight is 304 g/mol. The van der Waals surface area contributed by atoms with Crippen molar-refractivity contribution in [2.24, 2.45) is 0 Å². The summed E-state index contributed by atoms with van der Waals surface area (Å²) in [6, 6.07) is 14.7. The van der Waals surface area contributed by atoms with Gasteiger partial charge in [-0.3, -0.25) is 4.98 Å². The van der Waals surface area contributed by atoms with Gasteiger partial charge in [-0.1, -0.05) is 35.9 Å². The lowest BCUT2D eigenvalue weighted by Gasteiger charge is -2.14. The maximum atomic E-state index is 6.01. The quantitative estimate of drug-likeness (QED) is 0.644. The molecule has 2 heterocycles. The lowest BCUT2D eigenvalue weighted by atomic mass is 9.91. The van der Waals surface area contributed by atoms with E-state index in [2.05, 4.69) is 36.2 Å². The molecule has 1 atom stereocenters. The Morgan fingerprint density at radius 1 is 1.13 bits per heavy atom. The number of rotatable bonds is 2. The van der Waals surface area contributed by atoms with Gasteiger partial charge in [0.25, 0.3) is 0 Å². The van der Waals surface area contributed by atoms with Crippen LogP contribution in [0.5, 0.6) is 0 Å². The van der Waals surface area contributed by atoms with Crippen molar-refractivity contribution in [3.63, 3.8) is 0 Å². The second-order valence-corrected chi connectivity index (χ2v) is 6.31. The molecule has 1 unspecified atom stereocenters. The summed E-state index contributed by atoms with van der Waals surface area (Å²) in [4.78, 5) is 9.10. The van der Waals surface area contributed by atoms with Crippen molar-refractivity contribution in [1.82, 2.24) is 9.97 Å². The van der Waals surface area contributed by atoms with E-state index in [0.29, 0.717) is 11.8 Å². The summed E-state index contributed by atoms with van der Waals surface area (Å²) < 4.78 is 6.01. The molecule has 0 bridgehead atoms. The van der Waals surface area contributed by atoms with Crippen LogP contribution in [0.1, 0.15) is 41.3 Å². The zero-order chi connectivity index (χ0) is 15.6. The van der Waals surface area contributed by atoms with E-state index < -0.39 is 0 Å². The molecule has 3 nitrogen and oxygen atoms in total. The van der Waals surface area contributed by atoms with Crippen molar-refractivity contribution in [3.8, 4) is 11.6 Å². The summed E-state index contributed by atoms with van der Waals surface area (Å²) in [6.45, 7) is 2.15. The van der Waals surface area contributed by atoms with Crippen LogP contribution in [0.3, 0.4) is 0 Å². The van der Waals surface area contributed by atoms with Gasteiger partial charge in [0.1, 0.15) is 11.5 Å². The van der Waals surface area contributed by atoms with E-state index in [0.717, 1.165) is 36.4 Å². The minimum Gasteiger partial charge on any atom is -0.440 e. The van der Waals surface area contributed by atoms with Gasteiger partial charge >= 0.3 is 0 Å². The van der Waals surface area contributed by atoms with Gasteiger partial charge in [0.15, 0.2) is 0 Å². The van der Waals surface area contributed by atoms with Gasteiger partial charge in [0.05, 0.1) is 5.69 Å². The lowest BCUT2D eigenvalue weighted by molar-refractivity contribution is 0.505. The Balaban J connectivity index is 1.65. The molecule has 0 amide bonds. The van der Waals surface area contributed by atoms with E-state index in [9.17, 15) is 0 Å². The first-order chi connectivity index (χ1) is 11.3. The molecule has 3 aromatic rings. The van der Waals surface area contributed by atoms with Gasteiger partial charge in [-0.15, -0.1) is 0 Å². The van der Waals surface area contributed by atoms with Gasteiger partial charge in [0, 0.05) is 19.0 Å². The number of benzene rings is 1. The Kier molecular flexibility index (Phi) is 3.70. The van der Waals surface area contributed by atoms with Crippen molar-refractivity contribution in [2.75, 3.05) is 0 Å². The highest BCUT2D eigenvalue weighted by molar-refractivity contribution is 5.47. The van der Waals surface area contributed by atoms with Gasteiger partial charge in [0.2, 0.25) is 5.89 Å². The van der Waals surface area contributed by atoms with Crippen molar-refractivity contribution in [1.29, 1.82) is 0 Å². The molecule has 0 saturated heterocycles. The van der Waals surface area contributed by atoms with Crippen LogP contribution >= 0.6 is 0 Å². The minimum atomic E-state index is 0.526. The number of hydrogen-bond acceptors (Lipinski definition) is 3. The van der Waals surface area contributed by atoms with Crippen LogP contribution in [0.15, 0.2) is 53.1 Å². The number of aromatic nitrogens is 2. The van der Waals surface area contributed by atoms with Crippen LogP contribution in [0.25, 0.3) is 11.6 Å². The second-order valence-electron chi connectivity index (χ2n) is 6.31. The number of hydrogen-bond donors (Lipinski definition) is 0. The van der Waals surface area contributed by atoms with E-state index in [1.165, 1.54) is 17.5 Å². The Hall–Kier alpha value is -2.42. The average Bonchev–Trinajstić information content (AvgIpc) is 2.87. The first kappa shape index (κ1) is 14.2. The molecule has 116 valence electrons. The third-order valence-corrected chi connectivity index (χ3v) is 4.57. The summed E-state index contributed by atoms with van der Waals surface area (Å²) in [5.41, 5.74) is 4.66. The fourth-order valence-corrected chi connectivity index (χ4v) is 3.39. The molecule has 1 aliphatic carbocycles. The monoisotopic (exact) mass is 304 g/mol. The van der Waals surface area contributed by atoms with Gasteiger partial charge < -0.3 is 4.42 Å². The Morgan fingerprint density at radius 2 is 2.09 bits per heavy atom. The SMILES string of the molecule is Cc1cccc(C2CCCc3oc(-c4ccccn4)nc3C2)c1. The predicted octanol–water partition coefficient (Wildman–Crippen LogP) is 4.71. The lowest BCUT2D eigenvalue weighted by Crippen LogP contribution is -2.02. The molecule has 4 rings (SSSR count). The van der Waals surface area contributed by atoms with E-state index >= 15 is 0 Å². The Labute approximate surface area is 136 Å². The van der Waals surface area contributed by atoms with Crippen molar-refractivity contribution in [2.45, 2.75) is 38.5 Å². The first-order valence-corrected chi connectivity index (χ1v) is 8.26. The third-order valence-electron chi connectivity index (χ3n) is 4.57. The molecule has 0 fully saturated rings. The van der Waals surface area contributed by atoms with Crippen LogP contribution in [0.2, 0.25) is 0 Å². The third kappa shape index (κ3) is 2.91. The van der Waals surface area contributed by atoms with E-state index in [4.69, 9.17) is 9.40 Å². The summed E-state index contributed by atoms with van der Waals surface area (Å²) >= 11 is 0. The molecule has 1 aliphatic rings. The molecule has 23 heavy (non-hydrogen) atoms. The van der Waals surface area contributed by atoms with Crippen molar-refractivity contribution < 1.29 is 4.42 Å². The maximum absolute atomic E-state index is 6.01. The number of fused-ring (bicyclic) bond motifs is 1. The highest BCUT2D eigenvalue weighted by Gasteiger charge is 2.23. The molecule has 2 aromatic heterocycles. The zero-order valence-corrected chi connectivity index (χ0v) is 13.3. The molecule has 0 saturated carbocycles. The van der Waals surface area contributed by atoms with Gasteiger partial charge in [-0.2, -0.15) is 0 Å². The zero-order valence-electron chi connectivity index (χ0n) is 13.3. The number of oxazole rings is 1. The van der Waals surface area contributed by atoms with Gasteiger partial charge in [-0.25, -0.2) is 4.98 Å². The molecule has 0 N–H and O–H groups in total. The maximum Gasteiger partial charge on any atom is 0.245 e. The smallest absolute Gasteiger partial charge is 0.245 e. The molecule has 0 spiro atoms. The fraction of sp³-hybridized carbons (Fsp3) is 0.300. The van der Waals surface area contributed by atoms with E-state index in [1.54, 1.807) is 6.20 Å². The van der Waals surface area contributed by atoms with Crippen LogP contribution in [0.4, 0.5) is 0 Å². The number of aryl methyl sites for hydroxylation is 2. The van der Waals surface area contributed by atoms with Crippen LogP contribution in [0, 0.1) is 6.92 Å². The summed E-state index contributed by atoms with van der Waals surface area (Å²) in [5.74, 6) is 2.22. The van der Waals surface area contributed by atoms with Gasteiger partial charge in [-0.05, 0) is 43.4 Å². The second kappa shape index (κ2) is 5.99. The molecule has 1 aromatic carbocycles. The van der Waals surface area contributed by atoms with E-state index in [1.807, 2.05) is 18.2 Å². The minimum absolute atomic E-state index is 0.526. The molecule has 0 aliphatic heterocycles. The summed E-state index contributed by atoms with van der Waals surface area (Å²) in [7, 11) is 0. The molecule has 0 radical (unpaired) electrons. The van der Waals surface area contributed by atoms with Crippen LogP contribution in [-0.4, -0.2) is 9.97 Å². The summed E-state index contributed by atoms with van der Waals surface area (Å²) in [5, 5.41) is 0.